The van der Waals surface area contributed by atoms with Crippen LogP contribution in [0.5, 0.6) is 0 Å². The molecule has 62 valence electrons. The fourth-order valence-corrected chi connectivity index (χ4v) is 0.297. The zero-order valence-electron chi connectivity index (χ0n) is 5.93. The summed E-state index contributed by atoms with van der Waals surface area (Å²) < 4.78 is 8.45. The van der Waals surface area contributed by atoms with Crippen molar-refractivity contribution < 1.29 is 19.1 Å². The summed E-state index contributed by atoms with van der Waals surface area (Å²) in [7, 11) is 0. The fourth-order valence-electron chi connectivity index (χ4n) is 0.253. The minimum Gasteiger partial charge on any atom is -0.424 e. The van der Waals surface area contributed by atoms with Crippen molar-refractivity contribution >= 4 is 23.0 Å². The Morgan fingerprint density at radius 1 is 1.45 bits per heavy atom. The summed E-state index contributed by atoms with van der Waals surface area (Å²) in [6, 6.07) is 0. The van der Waals surface area contributed by atoms with Gasteiger partial charge in [0.2, 0.25) is 6.79 Å². The summed E-state index contributed by atoms with van der Waals surface area (Å²) in [5, 5.41) is 0. The highest BCUT2D eigenvalue weighted by atomic mass is 35.5. The van der Waals surface area contributed by atoms with Gasteiger partial charge in [-0.25, -0.2) is 9.59 Å². The van der Waals surface area contributed by atoms with Crippen LogP contribution >= 0.6 is 11.6 Å². The summed E-state index contributed by atoms with van der Waals surface area (Å²) >= 11 is 4.77. The first-order valence-electron chi connectivity index (χ1n) is 2.69. The lowest BCUT2D eigenvalue weighted by molar-refractivity contribution is -0.146. The van der Waals surface area contributed by atoms with Crippen molar-refractivity contribution in [2.24, 2.45) is 0 Å². The second-order valence-corrected chi connectivity index (χ2v) is 2.02. The second-order valence-electron chi connectivity index (χ2n) is 1.71. The molecule has 0 radical (unpaired) electrons. The van der Waals surface area contributed by atoms with Crippen molar-refractivity contribution in [3.63, 3.8) is 0 Å². The molecule has 0 amide bonds. The number of hydrogen-bond donors (Lipinski definition) is 0. The molecule has 0 aliphatic rings. The topological polar surface area (TPSA) is 52.6 Å². The zero-order chi connectivity index (χ0) is 8.85. The lowest BCUT2D eigenvalue weighted by atomic mass is 10.4. The molecule has 11 heavy (non-hydrogen) atoms. The molecular formula is C6H7ClO4. The molecule has 0 rings (SSSR count). The van der Waals surface area contributed by atoms with Gasteiger partial charge in [-0.15, -0.1) is 0 Å². The van der Waals surface area contributed by atoms with Gasteiger partial charge in [-0.3, -0.25) is 0 Å². The Morgan fingerprint density at radius 2 is 2.00 bits per heavy atom. The maximum atomic E-state index is 10.6. The van der Waals surface area contributed by atoms with Gasteiger partial charge in [-0.1, -0.05) is 6.58 Å². The predicted molar refractivity (Wildman–Crippen MR) is 38.1 cm³/mol. The molecule has 0 aliphatic heterocycles. The van der Waals surface area contributed by atoms with Crippen LogP contribution in [0.3, 0.4) is 0 Å². The number of halogens is 1. The number of carbonyl (C=O) groups is 2. The van der Waals surface area contributed by atoms with Gasteiger partial charge in [0.1, 0.15) is 0 Å². The van der Waals surface area contributed by atoms with Crippen molar-refractivity contribution in [1.82, 2.24) is 0 Å². The van der Waals surface area contributed by atoms with Gasteiger partial charge in [0.25, 0.3) is 0 Å². The zero-order valence-corrected chi connectivity index (χ0v) is 6.68. The SMILES string of the molecule is C=C(C)C(=O)OCOC(=O)Cl. The van der Waals surface area contributed by atoms with Crippen molar-refractivity contribution in [2.75, 3.05) is 6.79 Å². The van der Waals surface area contributed by atoms with E-state index in [1.54, 1.807) is 0 Å². The summed E-state index contributed by atoms with van der Waals surface area (Å²) in [4.78, 5) is 20.5. The average molecular weight is 179 g/mol. The van der Waals surface area contributed by atoms with E-state index in [0.717, 1.165) is 0 Å². The quantitative estimate of drug-likeness (QED) is 0.284. The highest BCUT2D eigenvalue weighted by molar-refractivity contribution is 6.61. The first-order valence-corrected chi connectivity index (χ1v) is 3.06. The Bertz CT molecular complexity index is 187. The molecule has 0 aromatic rings. The molecule has 0 aromatic carbocycles. The third-order valence-electron chi connectivity index (χ3n) is 0.711. The van der Waals surface area contributed by atoms with Gasteiger partial charge in [0.15, 0.2) is 0 Å². The third-order valence-corrected chi connectivity index (χ3v) is 0.820. The number of rotatable bonds is 3. The van der Waals surface area contributed by atoms with E-state index in [1.807, 2.05) is 0 Å². The first-order chi connectivity index (χ1) is 5.04. The molecule has 0 fully saturated rings. The van der Waals surface area contributed by atoms with Crippen LogP contribution in [0.15, 0.2) is 12.2 Å². The van der Waals surface area contributed by atoms with Crippen LogP contribution in [0.25, 0.3) is 0 Å². The van der Waals surface area contributed by atoms with Gasteiger partial charge in [0, 0.05) is 17.2 Å². The Morgan fingerprint density at radius 3 is 2.36 bits per heavy atom. The summed E-state index contributed by atoms with van der Waals surface area (Å²) in [6.07, 6.45) is 0. The van der Waals surface area contributed by atoms with Crippen molar-refractivity contribution in [3.8, 4) is 0 Å². The third kappa shape index (κ3) is 5.42. The molecule has 0 spiro atoms. The minimum atomic E-state index is -1.01. The summed E-state index contributed by atoms with van der Waals surface area (Å²) in [5.41, 5.74) is -0.782. The van der Waals surface area contributed by atoms with Crippen LogP contribution in [0.2, 0.25) is 0 Å². The van der Waals surface area contributed by atoms with Crippen LogP contribution in [-0.2, 0) is 14.3 Å². The largest absolute Gasteiger partial charge is 0.424 e. The van der Waals surface area contributed by atoms with E-state index in [2.05, 4.69) is 16.1 Å². The van der Waals surface area contributed by atoms with Crippen LogP contribution < -0.4 is 0 Å². The predicted octanol–water partition coefficient (Wildman–Crippen LogP) is 1.44. The molecule has 0 bridgehead atoms. The van der Waals surface area contributed by atoms with Crippen LogP contribution in [0, 0.1) is 0 Å². The monoisotopic (exact) mass is 178 g/mol. The lowest BCUT2D eigenvalue weighted by Gasteiger charge is -2.01. The normalized spacial score (nSPS) is 8.55. The van der Waals surface area contributed by atoms with E-state index >= 15 is 0 Å². The number of hydrogen-bond acceptors (Lipinski definition) is 4. The average Bonchev–Trinajstić information content (AvgIpc) is 1.86. The van der Waals surface area contributed by atoms with Gasteiger partial charge >= 0.3 is 11.4 Å². The van der Waals surface area contributed by atoms with Gasteiger partial charge < -0.3 is 9.47 Å². The van der Waals surface area contributed by atoms with Gasteiger partial charge in [0.05, 0.1) is 0 Å². The Hall–Kier alpha value is -1.03. The Balaban J connectivity index is 3.47. The first kappa shape index (κ1) is 9.97. The molecule has 0 aromatic heterocycles. The standard InChI is InChI=1S/C6H7ClO4/c1-4(2)5(8)10-3-11-6(7)9/h1,3H2,2H3. The van der Waals surface area contributed by atoms with E-state index in [0.29, 0.717) is 0 Å². The highest BCUT2D eigenvalue weighted by Crippen LogP contribution is 1.93. The fraction of sp³-hybridized carbons (Fsp3) is 0.333. The maximum Gasteiger partial charge on any atom is 0.406 e. The Labute approximate surface area is 68.7 Å². The molecule has 0 saturated carbocycles. The van der Waals surface area contributed by atoms with Crippen molar-refractivity contribution in [2.45, 2.75) is 6.92 Å². The van der Waals surface area contributed by atoms with E-state index in [9.17, 15) is 9.59 Å². The van der Waals surface area contributed by atoms with Crippen molar-refractivity contribution in [1.29, 1.82) is 0 Å². The number of carbonyl (C=O) groups excluding carboxylic acids is 2. The van der Waals surface area contributed by atoms with Crippen LogP contribution in [0.4, 0.5) is 4.79 Å². The summed E-state index contributed by atoms with van der Waals surface area (Å²) in [6.45, 7) is 4.30. The molecule has 0 heterocycles. The Kier molecular flexibility index (Phi) is 4.29. The maximum absolute atomic E-state index is 10.6. The van der Waals surface area contributed by atoms with Gasteiger partial charge in [-0.05, 0) is 6.92 Å². The second kappa shape index (κ2) is 4.73. The molecular weight excluding hydrogens is 172 g/mol. The van der Waals surface area contributed by atoms with E-state index in [4.69, 9.17) is 11.6 Å². The summed E-state index contributed by atoms with van der Waals surface area (Å²) in [5.74, 6) is -0.622. The van der Waals surface area contributed by atoms with E-state index in [-0.39, 0.29) is 5.57 Å². The molecule has 0 saturated heterocycles. The molecule has 0 N–H and O–H groups in total. The molecule has 4 nitrogen and oxygen atoms in total. The van der Waals surface area contributed by atoms with Crippen molar-refractivity contribution in [3.05, 3.63) is 12.2 Å². The van der Waals surface area contributed by atoms with Gasteiger partial charge in [-0.2, -0.15) is 0 Å². The minimum absolute atomic E-state index is 0.232. The molecule has 0 unspecified atom stereocenters. The van der Waals surface area contributed by atoms with Crippen LogP contribution in [-0.4, -0.2) is 18.2 Å². The lowest BCUT2D eigenvalue weighted by Crippen LogP contribution is -2.09. The van der Waals surface area contributed by atoms with E-state index < -0.39 is 18.2 Å². The number of esters is 1. The van der Waals surface area contributed by atoms with E-state index in [1.165, 1.54) is 6.92 Å². The molecule has 0 atom stereocenters. The smallest absolute Gasteiger partial charge is 0.406 e. The number of ether oxygens (including phenoxy) is 2. The molecule has 0 aliphatic carbocycles. The van der Waals surface area contributed by atoms with Crippen LogP contribution in [0.1, 0.15) is 6.92 Å². The molecule has 5 heteroatoms. The highest BCUT2D eigenvalue weighted by Gasteiger charge is 2.03.